The Morgan fingerprint density at radius 2 is 1.01 bits per heavy atom. The number of aromatic nitrogens is 6. The molecule has 2 amide bonds. The number of nitrogens with one attached hydrogen (secondary N) is 3. The molecule has 0 bridgehead atoms. The number of aryl methyl sites for hydroxylation is 3. The molecule has 0 radical (unpaired) electrons. The summed E-state index contributed by atoms with van der Waals surface area (Å²) < 4.78 is 0. The second-order valence-corrected chi connectivity index (χ2v) is 18.9. The summed E-state index contributed by atoms with van der Waals surface area (Å²) in [6.45, 7) is 16.4. The molecule has 6 heterocycles. The molecule has 0 saturated carbocycles. The Morgan fingerprint density at radius 3 is 1.49 bits per heavy atom. The van der Waals surface area contributed by atoms with Gasteiger partial charge in [-0.25, -0.2) is 19.9 Å². The third kappa shape index (κ3) is 15.9. The van der Waals surface area contributed by atoms with Gasteiger partial charge >= 0.3 is 0 Å². The first-order valence-electron chi connectivity index (χ1n) is 25.2. The highest BCUT2D eigenvalue weighted by Crippen LogP contribution is 2.25. The smallest absolute Gasteiger partial charge is 0.255 e. The number of amides is 2. The fraction of sp³-hybridized carbons (Fsp3) is 0.254. The maximum Gasteiger partial charge on any atom is 0.255 e. The highest BCUT2D eigenvalue weighted by atomic mass is 16.2. The number of anilines is 5. The van der Waals surface area contributed by atoms with Crippen molar-refractivity contribution in [1.82, 2.24) is 49.5 Å². The van der Waals surface area contributed by atoms with E-state index in [4.69, 9.17) is 5.73 Å². The predicted molar refractivity (Wildman–Crippen MR) is 300 cm³/mol. The van der Waals surface area contributed by atoms with Crippen LogP contribution in [0.25, 0.3) is 22.5 Å². The molecule has 10 rings (SSSR count). The van der Waals surface area contributed by atoms with Crippen LogP contribution in [0.2, 0.25) is 0 Å². The van der Waals surface area contributed by atoms with Crippen LogP contribution in [0.1, 0.15) is 48.8 Å². The Labute approximate surface area is 440 Å². The zero-order valence-electron chi connectivity index (χ0n) is 43.4. The van der Waals surface area contributed by atoms with E-state index in [0.717, 1.165) is 116 Å². The highest BCUT2D eigenvalue weighted by Gasteiger charge is 2.17. The molecule has 4 aromatic carbocycles. The number of hydrogen-bond acceptors (Lipinski definition) is 14. The van der Waals surface area contributed by atoms with E-state index in [2.05, 4.69) is 79.5 Å². The number of piperazine rings is 2. The lowest BCUT2D eigenvalue weighted by atomic mass is 10.1. The Hall–Kier alpha value is -8.28. The van der Waals surface area contributed by atoms with E-state index >= 15 is 0 Å². The maximum atomic E-state index is 12.9. The Balaban J connectivity index is 0.000000168. The van der Waals surface area contributed by atoms with Crippen LogP contribution in [0.5, 0.6) is 0 Å². The quantitative estimate of drug-likeness (QED) is 0.0850. The van der Waals surface area contributed by atoms with Gasteiger partial charge in [-0.05, 0) is 142 Å². The normalized spacial score (nSPS) is 14.1. The molecular weight excluding hydrogens is 937 g/mol. The summed E-state index contributed by atoms with van der Waals surface area (Å²) in [6.07, 6.45) is 10.5. The molecule has 0 unspecified atom stereocenters. The average molecular weight is 1000 g/mol. The number of carbonyl (C=O) groups excluding carboxylic acids is 2. The van der Waals surface area contributed by atoms with E-state index in [1.165, 1.54) is 11.1 Å². The first kappa shape index (κ1) is 53.0. The van der Waals surface area contributed by atoms with Crippen molar-refractivity contribution in [3.63, 3.8) is 0 Å². The SMILES string of the molecule is Cc1ccc(NC(=O)c2ccc(CN3CCN(C)CC3)cc2)cc1N.Cc1ccc(NC(=O)c2ccc(CN3CCN(C)CC3)cc2)cc1Nc1nccc(-c2cccnc2)n1.Cc1nccc(-c2cccnc2)n1. The van der Waals surface area contributed by atoms with Crippen LogP contribution >= 0.6 is 0 Å². The molecule has 0 atom stereocenters. The third-order valence-electron chi connectivity index (χ3n) is 13.1. The van der Waals surface area contributed by atoms with Crippen LogP contribution in [-0.4, -0.2) is 128 Å². The van der Waals surface area contributed by atoms with E-state index in [1.807, 2.05) is 136 Å². The minimum atomic E-state index is -0.143. The Morgan fingerprint density at radius 1 is 0.533 bits per heavy atom. The van der Waals surface area contributed by atoms with Gasteiger partial charge in [0, 0.05) is 148 Å². The van der Waals surface area contributed by atoms with Crippen LogP contribution in [0.4, 0.5) is 28.7 Å². The minimum absolute atomic E-state index is 0.116. The fourth-order valence-electron chi connectivity index (χ4n) is 8.36. The van der Waals surface area contributed by atoms with Crippen molar-refractivity contribution in [2.75, 3.05) is 88.1 Å². The molecule has 2 saturated heterocycles. The van der Waals surface area contributed by atoms with E-state index in [-0.39, 0.29) is 11.8 Å². The number of nitrogens with zero attached hydrogens (tertiary/aromatic N) is 10. The summed E-state index contributed by atoms with van der Waals surface area (Å²) >= 11 is 0. The Bertz CT molecular complexity index is 3110. The van der Waals surface area contributed by atoms with Crippen molar-refractivity contribution in [2.45, 2.75) is 33.9 Å². The summed E-state index contributed by atoms with van der Waals surface area (Å²) in [6, 6.07) is 38.5. The molecule has 8 aromatic rings. The highest BCUT2D eigenvalue weighted by molar-refractivity contribution is 6.05. The zero-order chi connectivity index (χ0) is 52.5. The number of rotatable bonds is 12. The zero-order valence-corrected chi connectivity index (χ0v) is 43.4. The van der Waals surface area contributed by atoms with Gasteiger partial charge in [0.05, 0.1) is 11.4 Å². The molecule has 5 N–H and O–H groups in total. The second kappa shape index (κ2) is 26.1. The van der Waals surface area contributed by atoms with Crippen molar-refractivity contribution in [3.8, 4) is 22.5 Å². The molecular formula is C59H66N14O2. The number of likely N-dealkylation sites (N-methyl/N-ethyl adjacent to an activating group) is 2. The van der Waals surface area contributed by atoms with Gasteiger partial charge in [-0.2, -0.15) is 0 Å². The molecule has 2 fully saturated rings. The molecule has 16 nitrogen and oxygen atoms in total. The van der Waals surface area contributed by atoms with Crippen molar-refractivity contribution >= 4 is 40.5 Å². The van der Waals surface area contributed by atoms with Gasteiger partial charge in [-0.1, -0.05) is 36.4 Å². The van der Waals surface area contributed by atoms with Crippen LogP contribution in [0.15, 0.2) is 159 Å². The molecule has 75 heavy (non-hydrogen) atoms. The summed E-state index contributed by atoms with van der Waals surface area (Å²) in [5.74, 6) is 0.996. The van der Waals surface area contributed by atoms with Gasteiger partial charge in [-0.15, -0.1) is 0 Å². The monoisotopic (exact) mass is 1000 g/mol. The first-order valence-corrected chi connectivity index (χ1v) is 25.2. The lowest BCUT2D eigenvalue weighted by Crippen LogP contribution is -2.43. The van der Waals surface area contributed by atoms with Crippen molar-refractivity contribution < 1.29 is 9.59 Å². The van der Waals surface area contributed by atoms with E-state index in [0.29, 0.717) is 28.5 Å². The van der Waals surface area contributed by atoms with E-state index < -0.39 is 0 Å². The number of nitrogens with two attached hydrogens (primary N) is 1. The molecule has 2 aliphatic heterocycles. The summed E-state index contributed by atoms with van der Waals surface area (Å²) in [5.41, 5.74) is 18.2. The van der Waals surface area contributed by atoms with Gasteiger partial charge in [0.2, 0.25) is 5.95 Å². The summed E-state index contributed by atoms with van der Waals surface area (Å²) in [4.78, 5) is 60.4. The van der Waals surface area contributed by atoms with E-state index in [9.17, 15) is 9.59 Å². The average Bonchev–Trinajstić information content (AvgIpc) is 3.43. The lowest BCUT2D eigenvalue weighted by molar-refractivity contribution is 0.101. The number of carbonyl (C=O) groups is 2. The molecule has 384 valence electrons. The van der Waals surface area contributed by atoms with E-state index in [1.54, 1.807) is 43.2 Å². The molecule has 16 heteroatoms. The van der Waals surface area contributed by atoms with Crippen LogP contribution in [-0.2, 0) is 13.1 Å². The fourth-order valence-corrected chi connectivity index (χ4v) is 8.36. The topological polar surface area (TPSA) is 187 Å². The van der Waals surface area contributed by atoms with Crippen LogP contribution in [0.3, 0.4) is 0 Å². The van der Waals surface area contributed by atoms with Gasteiger partial charge < -0.3 is 31.5 Å². The number of pyridine rings is 2. The minimum Gasteiger partial charge on any atom is -0.398 e. The largest absolute Gasteiger partial charge is 0.398 e. The van der Waals surface area contributed by atoms with Gasteiger partial charge in [0.15, 0.2) is 0 Å². The molecule has 4 aromatic heterocycles. The summed E-state index contributed by atoms with van der Waals surface area (Å²) in [5, 5.41) is 9.19. The molecule has 2 aliphatic rings. The molecule has 0 spiro atoms. The van der Waals surface area contributed by atoms with Gasteiger partial charge in [0.25, 0.3) is 11.8 Å². The number of hydrogen-bond donors (Lipinski definition) is 4. The number of nitrogen functional groups attached to an aromatic ring is 1. The third-order valence-corrected chi connectivity index (χ3v) is 13.1. The molecule has 0 aliphatic carbocycles. The van der Waals surface area contributed by atoms with Crippen molar-refractivity contribution in [1.29, 1.82) is 0 Å². The van der Waals surface area contributed by atoms with Crippen LogP contribution in [0, 0.1) is 20.8 Å². The van der Waals surface area contributed by atoms with Gasteiger partial charge in [0.1, 0.15) is 5.82 Å². The standard InChI is InChI=1S/C29H31N7O.C20H26N4O.C10H9N3/c1-21-5-10-25(18-27(21)34-29-31-13-11-26(33-29)24-4-3-12-30-19-24)32-28(37)23-8-6-22(7-9-23)20-36-16-14-35(2)15-17-36;1-15-3-8-18(13-19(15)21)22-20(25)17-6-4-16(5-7-17)14-24-11-9-23(2)10-12-24;1-8-12-6-4-10(13-8)9-3-2-5-11-7-9/h3-13,18-19H,14-17,20H2,1-2H3,(H,32,37)(H,31,33,34);3-8,13H,9-12,14,21H2,1-2H3,(H,22,25);2-7H,1H3. The maximum absolute atomic E-state index is 12.9. The Kier molecular flexibility index (Phi) is 18.4. The summed E-state index contributed by atoms with van der Waals surface area (Å²) in [7, 11) is 4.32. The number of benzene rings is 4. The first-order chi connectivity index (χ1) is 36.4. The second-order valence-electron chi connectivity index (χ2n) is 18.9. The van der Waals surface area contributed by atoms with Gasteiger partial charge in [-0.3, -0.25) is 29.4 Å². The predicted octanol–water partition coefficient (Wildman–Crippen LogP) is 9.01. The van der Waals surface area contributed by atoms with Crippen molar-refractivity contribution in [3.05, 3.63) is 198 Å². The van der Waals surface area contributed by atoms with Crippen LogP contribution < -0.4 is 21.7 Å². The lowest BCUT2D eigenvalue weighted by Gasteiger charge is -2.32. The van der Waals surface area contributed by atoms with Crippen molar-refractivity contribution in [2.24, 2.45) is 0 Å².